The fourth-order valence-electron chi connectivity index (χ4n) is 1.09. The van der Waals surface area contributed by atoms with Crippen molar-refractivity contribution in [3.63, 3.8) is 0 Å². The van der Waals surface area contributed by atoms with E-state index >= 15 is 0 Å². The van der Waals surface area contributed by atoms with Gasteiger partial charge in [-0.15, -0.1) is 0 Å². The number of nitrogens with one attached hydrogen (secondary N) is 1. The maximum Gasteiger partial charge on any atom is 0.422 e. The Bertz CT molecular complexity index is 333. The second-order valence-corrected chi connectivity index (χ2v) is 4.33. The van der Waals surface area contributed by atoms with E-state index in [-0.39, 0.29) is 5.92 Å². The lowest BCUT2D eigenvalue weighted by molar-refractivity contribution is -0.207. The number of alkyl halides is 3. The van der Waals surface area contributed by atoms with Gasteiger partial charge >= 0.3 is 12.1 Å². The van der Waals surface area contributed by atoms with Crippen LogP contribution < -0.4 is 11.1 Å². The second-order valence-electron chi connectivity index (χ2n) is 4.33. The van der Waals surface area contributed by atoms with Gasteiger partial charge in [-0.2, -0.15) is 13.2 Å². The molecule has 0 radical (unpaired) electrons. The van der Waals surface area contributed by atoms with Gasteiger partial charge in [0, 0.05) is 0 Å². The highest BCUT2D eigenvalue weighted by molar-refractivity contribution is 5.90. The molecule has 0 heterocycles. The van der Waals surface area contributed by atoms with Crippen LogP contribution in [-0.4, -0.2) is 34.7 Å². The van der Waals surface area contributed by atoms with Gasteiger partial charge in [0.25, 0.3) is 0 Å². The quantitative estimate of drug-likeness (QED) is 0.691. The number of carboxylic acid groups (broad SMARTS) is 1. The smallest absolute Gasteiger partial charge is 0.422 e. The average molecular weight is 270 g/mol. The second kappa shape index (κ2) is 5.55. The molecule has 0 bridgehead atoms. The topological polar surface area (TPSA) is 92.4 Å². The van der Waals surface area contributed by atoms with Gasteiger partial charge in [-0.05, 0) is 12.8 Å². The number of rotatable bonds is 5. The summed E-state index contributed by atoms with van der Waals surface area (Å²) < 4.78 is 37.9. The summed E-state index contributed by atoms with van der Waals surface area (Å²) >= 11 is 0. The Balaban J connectivity index is 5.04. The SMILES string of the molecule is CCC(C)C(N)C(=O)NC(C)(C(=O)O)C(F)(F)F. The highest BCUT2D eigenvalue weighted by Gasteiger charge is 2.58. The van der Waals surface area contributed by atoms with Crippen molar-refractivity contribution in [1.82, 2.24) is 5.32 Å². The lowest BCUT2D eigenvalue weighted by atomic mass is 9.96. The van der Waals surface area contributed by atoms with Crippen LogP contribution in [0.15, 0.2) is 0 Å². The van der Waals surface area contributed by atoms with Gasteiger partial charge in [0.05, 0.1) is 6.04 Å². The third-order valence-electron chi connectivity index (χ3n) is 2.93. The Morgan fingerprint density at radius 3 is 2.11 bits per heavy atom. The zero-order valence-corrected chi connectivity index (χ0v) is 10.3. The number of carbonyl (C=O) groups excluding carboxylic acids is 1. The van der Waals surface area contributed by atoms with Crippen molar-refractivity contribution >= 4 is 11.9 Å². The Hall–Kier alpha value is -1.31. The molecule has 0 saturated heterocycles. The fourth-order valence-corrected chi connectivity index (χ4v) is 1.09. The number of halogens is 3. The van der Waals surface area contributed by atoms with E-state index in [1.165, 1.54) is 5.32 Å². The summed E-state index contributed by atoms with van der Waals surface area (Å²) in [4.78, 5) is 22.2. The van der Waals surface area contributed by atoms with E-state index in [1.54, 1.807) is 13.8 Å². The average Bonchev–Trinajstić information content (AvgIpc) is 2.24. The molecule has 106 valence electrons. The van der Waals surface area contributed by atoms with E-state index in [4.69, 9.17) is 10.8 Å². The van der Waals surface area contributed by atoms with E-state index < -0.39 is 29.6 Å². The standard InChI is InChI=1S/C10H17F3N2O3/c1-4-5(2)6(14)7(16)15-9(3,8(17)18)10(11,12)13/h5-6H,4,14H2,1-3H3,(H,15,16)(H,17,18). The lowest BCUT2D eigenvalue weighted by Crippen LogP contribution is -2.64. The molecule has 0 spiro atoms. The number of carbonyl (C=O) groups is 2. The summed E-state index contributed by atoms with van der Waals surface area (Å²) in [6, 6.07) is -1.18. The van der Waals surface area contributed by atoms with Crippen LogP contribution in [0.4, 0.5) is 13.2 Å². The number of carboxylic acids is 1. The number of amides is 1. The Kier molecular flexibility index (Phi) is 5.15. The number of nitrogens with two attached hydrogens (primary N) is 1. The summed E-state index contributed by atoms with van der Waals surface area (Å²) in [6.45, 7) is 3.70. The molecule has 3 unspecified atom stereocenters. The van der Waals surface area contributed by atoms with Crippen LogP contribution in [0.25, 0.3) is 0 Å². The van der Waals surface area contributed by atoms with Gasteiger partial charge < -0.3 is 16.2 Å². The Morgan fingerprint density at radius 1 is 1.39 bits per heavy atom. The Morgan fingerprint density at radius 2 is 1.83 bits per heavy atom. The first kappa shape index (κ1) is 16.7. The zero-order valence-electron chi connectivity index (χ0n) is 10.3. The summed E-state index contributed by atoms with van der Waals surface area (Å²) in [5, 5.41) is 10.1. The van der Waals surface area contributed by atoms with Gasteiger partial charge in [0.2, 0.25) is 11.4 Å². The molecule has 8 heteroatoms. The van der Waals surface area contributed by atoms with Crippen LogP contribution in [0.1, 0.15) is 27.2 Å². The molecule has 0 saturated carbocycles. The first-order valence-corrected chi connectivity index (χ1v) is 5.35. The van der Waals surface area contributed by atoms with Gasteiger partial charge in [0.15, 0.2) is 0 Å². The van der Waals surface area contributed by atoms with Crippen LogP contribution in [0.5, 0.6) is 0 Å². The summed E-state index contributed by atoms with van der Waals surface area (Å²) in [5.74, 6) is -3.66. The van der Waals surface area contributed by atoms with E-state index in [2.05, 4.69) is 0 Å². The van der Waals surface area contributed by atoms with E-state index in [0.29, 0.717) is 13.3 Å². The molecule has 18 heavy (non-hydrogen) atoms. The molecule has 0 aliphatic heterocycles. The van der Waals surface area contributed by atoms with Crippen molar-refractivity contribution < 1.29 is 27.9 Å². The molecule has 0 fully saturated rings. The maximum atomic E-state index is 12.6. The minimum absolute atomic E-state index is 0.351. The van der Waals surface area contributed by atoms with Gasteiger partial charge in [-0.3, -0.25) is 4.79 Å². The summed E-state index contributed by atoms with van der Waals surface area (Å²) in [7, 11) is 0. The van der Waals surface area contributed by atoms with Crippen molar-refractivity contribution in [3.05, 3.63) is 0 Å². The molecule has 0 aliphatic carbocycles. The monoisotopic (exact) mass is 270 g/mol. The van der Waals surface area contributed by atoms with Crippen molar-refractivity contribution in [2.75, 3.05) is 0 Å². The minimum Gasteiger partial charge on any atom is -0.479 e. The molecular weight excluding hydrogens is 253 g/mol. The van der Waals surface area contributed by atoms with E-state index in [9.17, 15) is 22.8 Å². The largest absolute Gasteiger partial charge is 0.479 e. The van der Waals surface area contributed by atoms with Crippen molar-refractivity contribution in [3.8, 4) is 0 Å². The molecule has 0 aromatic rings. The third-order valence-corrected chi connectivity index (χ3v) is 2.93. The molecule has 3 atom stereocenters. The molecule has 1 amide bonds. The van der Waals surface area contributed by atoms with Crippen LogP contribution in [0.3, 0.4) is 0 Å². The predicted octanol–water partition coefficient (Wildman–Crippen LogP) is 0.882. The summed E-state index contributed by atoms with van der Waals surface area (Å²) in [5.41, 5.74) is 2.11. The maximum absolute atomic E-state index is 12.6. The van der Waals surface area contributed by atoms with Crippen molar-refractivity contribution in [2.45, 2.75) is 44.9 Å². The first-order chi connectivity index (χ1) is 7.97. The molecule has 5 nitrogen and oxygen atoms in total. The highest BCUT2D eigenvalue weighted by atomic mass is 19.4. The van der Waals surface area contributed by atoms with Crippen LogP contribution in [0, 0.1) is 5.92 Å². The van der Waals surface area contributed by atoms with Crippen molar-refractivity contribution in [2.24, 2.45) is 11.7 Å². The fraction of sp³-hybridized carbons (Fsp3) is 0.800. The lowest BCUT2D eigenvalue weighted by Gasteiger charge is -2.30. The van der Waals surface area contributed by atoms with Crippen LogP contribution >= 0.6 is 0 Å². The first-order valence-electron chi connectivity index (χ1n) is 5.35. The third kappa shape index (κ3) is 3.34. The van der Waals surface area contributed by atoms with Gasteiger partial charge in [-0.1, -0.05) is 20.3 Å². The van der Waals surface area contributed by atoms with E-state index in [1.807, 2.05) is 0 Å². The van der Waals surface area contributed by atoms with E-state index in [0.717, 1.165) is 0 Å². The van der Waals surface area contributed by atoms with Gasteiger partial charge in [0.1, 0.15) is 0 Å². The molecule has 0 rings (SSSR count). The minimum atomic E-state index is -5.11. The zero-order chi connectivity index (χ0) is 14.7. The van der Waals surface area contributed by atoms with Gasteiger partial charge in [-0.25, -0.2) is 4.79 Å². The number of aliphatic carboxylic acids is 1. The van der Waals surface area contributed by atoms with Crippen LogP contribution in [0.2, 0.25) is 0 Å². The summed E-state index contributed by atoms with van der Waals surface area (Å²) in [6.07, 6.45) is -4.62. The molecular formula is C10H17F3N2O3. The molecule has 4 N–H and O–H groups in total. The number of hydrogen-bond donors (Lipinski definition) is 3. The number of hydrogen-bond acceptors (Lipinski definition) is 3. The van der Waals surface area contributed by atoms with Crippen molar-refractivity contribution in [1.29, 1.82) is 0 Å². The molecule has 0 aromatic carbocycles. The van der Waals surface area contributed by atoms with Crippen LogP contribution in [-0.2, 0) is 9.59 Å². The molecule has 0 aromatic heterocycles. The molecule has 0 aliphatic rings. The normalized spacial score (nSPS) is 18.6. The predicted molar refractivity (Wildman–Crippen MR) is 57.7 cm³/mol. The Labute approximate surface area is 103 Å². The highest BCUT2D eigenvalue weighted by Crippen LogP contribution is 2.30.